The first kappa shape index (κ1) is 10.0. The summed E-state index contributed by atoms with van der Waals surface area (Å²) in [5, 5.41) is -0.375. The van der Waals surface area contributed by atoms with E-state index in [-0.39, 0.29) is 5.12 Å². The zero-order chi connectivity index (χ0) is 9.19. The van der Waals surface area contributed by atoms with Crippen LogP contribution in [0.15, 0.2) is 30.3 Å². The summed E-state index contributed by atoms with van der Waals surface area (Å²) >= 11 is 11.9. The summed E-state index contributed by atoms with van der Waals surface area (Å²) in [7, 11) is 0. The van der Waals surface area contributed by atoms with Gasteiger partial charge in [0.2, 0.25) is 5.12 Å². The van der Waals surface area contributed by atoms with Gasteiger partial charge in [0.05, 0.1) is 0 Å². The molecule has 0 unspecified atom stereocenters. The Labute approximate surface area is 87.8 Å². The van der Waals surface area contributed by atoms with E-state index in [0.717, 1.165) is 5.56 Å². The summed E-state index contributed by atoms with van der Waals surface area (Å²) in [5.41, 5.74) is 0.733. The van der Waals surface area contributed by atoms with Gasteiger partial charge < -0.3 is 0 Å². The number of carbonyl (C=O) groups is 1. The number of benzene rings is 1. The molecule has 1 aromatic carbocycles. The van der Waals surface area contributed by atoms with E-state index in [4.69, 9.17) is 0 Å². The van der Waals surface area contributed by atoms with E-state index in [1.165, 1.54) is 0 Å². The number of thiol groups is 3. The van der Waals surface area contributed by atoms with Gasteiger partial charge >= 0.3 is 0 Å². The Bertz CT molecular complexity index is 282. The molecule has 0 saturated carbocycles. The zero-order valence-corrected chi connectivity index (χ0v) is 8.82. The molecule has 0 N–H and O–H groups in total. The number of hydrogen-bond acceptors (Lipinski definition) is 3. The molecule has 64 valence electrons. The quantitative estimate of drug-likeness (QED) is 0.510. The topological polar surface area (TPSA) is 17.1 Å². The van der Waals surface area contributed by atoms with E-state index in [1.807, 2.05) is 18.2 Å². The average molecular weight is 216 g/mol. The van der Waals surface area contributed by atoms with E-state index in [2.05, 4.69) is 37.9 Å². The second kappa shape index (κ2) is 3.77. The molecule has 0 bridgehead atoms. The number of carbonyl (C=O) groups excluding carboxylic acids is 1. The molecule has 0 fully saturated rings. The van der Waals surface area contributed by atoms with Crippen LogP contribution in [0.4, 0.5) is 0 Å². The van der Waals surface area contributed by atoms with Crippen molar-refractivity contribution in [3.8, 4) is 0 Å². The molecule has 0 aliphatic rings. The number of hydrogen-bond donors (Lipinski definition) is 3. The molecular weight excluding hydrogens is 208 g/mol. The van der Waals surface area contributed by atoms with Gasteiger partial charge in [-0.2, -0.15) is 0 Å². The standard InChI is InChI=1S/C8H8OS3/c9-7(10)8(11,12)6-4-2-1-3-5-6/h1-5,11-12H,(H,9,10). The van der Waals surface area contributed by atoms with E-state index in [0.29, 0.717) is 0 Å². The minimum atomic E-state index is -1.09. The molecule has 0 aliphatic carbocycles. The van der Waals surface area contributed by atoms with Gasteiger partial charge in [0.15, 0.2) is 0 Å². The zero-order valence-electron chi connectivity index (χ0n) is 6.14. The summed E-state index contributed by atoms with van der Waals surface area (Å²) in [6.07, 6.45) is 0. The van der Waals surface area contributed by atoms with Crippen molar-refractivity contribution in [3.05, 3.63) is 35.9 Å². The van der Waals surface area contributed by atoms with Crippen molar-refractivity contribution in [2.45, 2.75) is 4.08 Å². The first-order chi connectivity index (χ1) is 5.55. The Morgan fingerprint density at radius 1 is 1.17 bits per heavy atom. The van der Waals surface area contributed by atoms with Crippen LogP contribution in [0.25, 0.3) is 0 Å². The van der Waals surface area contributed by atoms with Crippen LogP contribution in [0.5, 0.6) is 0 Å². The van der Waals surface area contributed by atoms with Crippen molar-refractivity contribution in [2.24, 2.45) is 0 Å². The van der Waals surface area contributed by atoms with E-state index in [1.54, 1.807) is 12.1 Å². The molecule has 4 heteroatoms. The molecule has 0 aromatic heterocycles. The fraction of sp³-hybridized carbons (Fsp3) is 0.125. The molecule has 0 saturated heterocycles. The fourth-order valence-electron chi connectivity index (χ4n) is 0.794. The lowest BCUT2D eigenvalue weighted by molar-refractivity contribution is -0.111. The summed E-state index contributed by atoms with van der Waals surface area (Å²) in [4.78, 5) is 11.0. The van der Waals surface area contributed by atoms with Crippen LogP contribution in [0.1, 0.15) is 5.56 Å². The van der Waals surface area contributed by atoms with E-state index in [9.17, 15) is 4.79 Å². The molecule has 0 spiro atoms. The summed E-state index contributed by atoms with van der Waals surface area (Å²) in [6.45, 7) is 0. The lowest BCUT2D eigenvalue weighted by atomic mass is 10.1. The SMILES string of the molecule is O=C(S)C(S)(S)c1ccccc1. The van der Waals surface area contributed by atoms with Crippen LogP contribution in [0, 0.1) is 0 Å². The predicted octanol–water partition coefficient (Wildman–Crippen LogP) is 2.16. The number of rotatable bonds is 2. The normalized spacial score (nSPS) is 11.2. The van der Waals surface area contributed by atoms with Gasteiger partial charge in [0.1, 0.15) is 4.08 Å². The molecule has 1 nitrogen and oxygen atoms in total. The van der Waals surface area contributed by atoms with Crippen LogP contribution in [0.2, 0.25) is 0 Å². The van der Waals surface area contributed by atoms with Gasteiger partial charge in [0.25, 0.3) is 0 Å². The molecule has 0 amide bonds. The predicted molar refractivity (Wildman–Crippen MR) is 60.1 cm³/mol. The Morgan fingerprint density at radius 2 is 1.67 bits per heavy atom. The van der Waals surface area contributed by atoms with Crippen molar-refractivity contribution in [1.29, 1.82) is 0 Å². The maximum Gasteiger partial charge on any atom is 0.216 e. The summed E-state index contributed by atoms with van der Waals surface area (Å²) in [6, 6.07) is 9.09. The molecule has 0 radical (unpaired) electrons. The van der Waals surface area contributed by atoms with Crippen molar-refractivity contribution < 1.29 is 4.79 Å². The first-order valence-electron chi connectivity index (χ1n) is 3.29. The first-order valence-corrected chi connectivity index (χ1v) is 4.63. The van der Waals surface area contributed by atoms with Crippen LogP contribution >= 0.6 is 37.9 Å². The van der Waals surface area contributed by atoms with Crippen LogP contribution < -0.4 is 0 Å². The highest BCUT2D eigenvalue weighted by atomic mass is 32.2. The van der Waals surface area contributed by atoms with Crippen molar-refractivity contribution in [2.75, 3.05) is 0 Å². The Balaban J connectivity index is 3.06. The second-order valence-electron chi connectivity index (χ2n) is 2.34. The van der Waals surface area contributed by atoms with Gasteiger partial charge in [-0.3, -0.25) is 4.79 Å². The van der Waals surface area contributed by atoms with Gasteiger partial charge in [-0.1, -0.05) is 30.3 Å². The largest absolute Gasteiger partial charge is 0.285 e. The van der Waals surface area contributed by atoms with Crippen molar-refractivity contribution >= 4 is 43.0 Å². The highest BCUT2D eigenvalue weighted by molar-refractivity contribution is 8.07. The average Bonchev–Trinajstić information content (AvgIpc) is 2.06. The Kier molecular flexibility index (Phi) is 3.15. The minimum absolute atomic E-state index is 0.375. The van der Waals surface area contributed by atoms with Crippen LogP contribution in [-0.2, 0) is 8.87 Å². The Hall–Kier alpha value is -0.0600. The Morgan fingerprint density at radius 3 is 2.08 bits per heavy atom. The maximum absolute atomic E-state index is 11.0. The third kappa shape index (κ3) is 2.00. The highest BCUT2D eigenvalue weighted by Gasteiger charge is 2.29. The smallest absolute Gasteiger partial charge is 0.216 e. The van der Waals surface area contributed by atoms with Gasteiger partial charge in [-0.05, 0) is 5.56 Å². The van der Waals surface area contributed by atoms with Gasteiger partial charge in [-0.25, -0.2) is 0 Å². The molecule has 0 heterocycles. The third-order valence-electron chi connectivity index (χ3n) is 1.47. The molecular formula is C8H8OS3. The molecule has 12 heavy (non-hydrogen) atoms. The highest BCUT2D eigenvalue weighted by Crippen LogP contribution is 2.34. The van der Waals surface area contributed by atoms with Crippen molar-refractivity contribution in [3.63, 3.8) is 0 Å². The molecule has 0 aliphatic heterocycles. The van der Waals surface area contributed by atoms with E-state index >= 15 is 0 Å². The fourth-order valence-corrected chi connectivity index (χ4v) is 1.22. The molecule has 1 aromatic rings. The van der Waals surface area contributed by atoms with E-state index < -0.39 is 4.08 Å². The minimum Gasteiger partial charge on any atom is -0.285 e. The maximum atomic E-state index is 11.0. The van der Waals surface area contributed by atoms with Crippen LogP contribution in [0.3, 0.4) is 0 Å². The monoisotopic (exact) mass is 216 g/mol. The third-order valence-corrected chi connectivity index (χ3v) is 3.09. The lowest BCUT2D eigenvalue weighted by Crippen LogP contribution is -2.18. The van der Waals surface area contributed by atoms with Crippen LogP contribution in [-0.4, -0.2) is 5.12 Å². The lowest BCUT2D eigenvalue weighted by Gasteiger charge is -2.18. The summed E-state index contributed by atoms with van der Waals surface area (Å²) < 4.78 is -1.09. The molecule has 0 atom stereocenters. The van der Waals surface area contributed by atoms with Crippen molar-refractivity contribution in [1.82, 2.24) is 0 Å². The van der Waals surface area contributed by atoms with Gasteiger partial charge in [0, 0.05) is 0 Å². The second-order valence-corrected chi connectivity index (χ2v) is 4.44. The van der Waals surface area contributed by atoms with Gasteiger partial charge in [-0.15, -0.1) is 37.9 Å². The summed E-state index contributed by atoms with van der Waals surface area (Å²) in [5.74, 6) is 0. The molecule has 1 rings (SSSR count).